The van der Waals surface area contributed by atoms with Gasteiger partial charge in [0, 0.05) is 13.0 Å². The minimum atomic E-state index is -1.70. The number of Topliss-reactive ketones (excluding diaryl/α,β-unsaturated/α-hetero) is 1. The van der Waals surface area contributed by atoms with E-state index in [1.807, 2.05) is 6.92 Å². The topological polar surface area (TPSA) is 26.3 Å². The van der Waals surface area contributed by atoms with Crippen molar-refractivity contribution >= 4 is 14.1 Å². The molecule has 20 heavy (non-hydrogen) atoms. The van der Waals surface area contributed by atoms with Crippen LogP contribution in [0.25, 0.3) is 0 Å². The van der Waals surface area contributed by atoms with E-state index in [0.29, 0.717) is 11.7 Å². The lowest BCUT2D eigenvalue weighted by Gasteiger charge is -2.40. The van der Waals surface area contributed by atoms with Gasteiger partial charge in [-0.1, -0.05) is 33.3 Å². The lowest BCUT2D eigenvalue weighted by molar-refractivity contribution is -0.116. The van der Waals surface area contributed by atoms with Crippen LogP contribution >= 0.6 is 0 Å². The molecule has 114 valence electrons. The number of carbonyl (C=O) groups excluding carboxylic acids is 1. The van der Waals surface area contributed by atoms with Crippen molar-refractivity contribution in [1.29, 1.82) is 0 Å². The van der Waals surface area contributed by atoms with E-state index in [2.05, 4.69) is 40.8 Å². The highest BCUT2D eigenvalue weighted by Crippen LogP contribution is 2.53. The van der Waals surface area contributed by atoms with Crippen LogP contribution < -0.4 is 0 Å². The fraction of sp³-hybridized carbons (Fsp3) is 0.824. The minimum absolute atomic E-state index is 0.165. The number of hydrogen-bond donors (Lipinski definition) is 0. The Morgan fingerprint density at radius 2 is 1.95 bits per heavy atom. The lowest BCUT2D eigenvalue weighted by Crippen LogP contribution is -2.44. The molecule has 3 heteroatoms. The number of rotatable bonds is 3. The van der Waals surface area contributed by atoms with Crippen LogP contribution in [0.2, 0.25) is 18.1 Å². The van der Waals surface area contributed by atoms with Crippen LogP contribution in [0.5, 0.6) is 0 Å². The van der Waals surface area contributed by atoms with E-state index in [-0.39, 0.29) is 10.5 Å². The zero-order valence-electron chi connectivity index (χ0n) is 14.2. The summed E-state index contributed by atoms with van der Waals surface area (Å²) in [5, 5.41) is 0.252. The fourth-order valence-electron chi connectivity index (χ4n) is 3.26. The second-order valence-corrected chi connectivity index (χ2v) is 13.3. The molecule has 0 N–H and O–H groups in total. The van der Waals surface area contributed by atoms with Crippen molar-refractivity contribution in [1.82, 2.24) is 0 Å². The Morgan fingerprint density at radius 3 is 2.50 bits per heavy atom. The molecule has 1 fully saturated rings. The molecule has 0 radical (unpaired) electrons. The highest BCUT2D eigenvalue weighted by atomic mass is 28.4. The second kappa shape index (κ2) is 4.81. The van der Waals surface area contributed by atoms with Gasteiger partial charge in [-0.2, -0.15) is 0 Å². The number of fused-ring (bicyclic) bond motifs is 1. The van der Waals surface area contributed by atoms with Crippen LogP contribution in [0.1, 0.15) is 53.9 Å². The van der Waals surface area contributed by atoms with E-state index >= 15 is 0 Å². The zero-order valence-corrected chi connectivity index (χ0v) is 15.2. The third kappa shape index (κ3) is 2.55. The van der Waals surface area contributed by atoms with E-state index in [1.54, 1.807) is 0 Å². The molecule has 0 aromatic carbocycles. The molecule has 2 aliphatic rings. The molecule has 0 amide bonds. The van der Waals surface area contributed by atoms with Crippen LogP contribution in [0, 0.1) is 11.3 Å². The molecule has 0 saturated heterocycles. The summed E-state index contributed by atoms with van der Waals surface area (Å²) in [5.74, 6) is 0.808. The quantitative estimate of drug-likeness (QED) is 0.704. The Balaban J connectivity index is 2.10. The van der Waals surface area contributed by atoms with Gasteiger partial charge in [-0.3, -0.25) is 4.79 Å². The molecule has 0 heterocycles. The van der Waals surface area contributed by atoms with Crippen molar-refractivity contribution in [3.8, 4) is 0 Å². The average Bonchev–Trinajstić information content (AvgIpc) is 2.77. The Kier molecular flexibility index (Phi) is 3.84. The number of allylic oxidation sites excluding steroid dienone is 2. The minimum Gasteiger partial charge on any atom is -0.416 e. The molecule has 1 saturated carbocycles. The van der Waals surface area contributed by atoms with Gasteiger partial charge in [0.1, 0.15) is 0 Å². The normalized spacial score (nSPS) is 31.1. The molecule has 0 unspecified atom stereocenters. The van der Waals surface area contributed by atoms with E-state index in [1.165, 1.54) is 12.0 Å². The predicted molar refractivity (Wildman–Crippen MR) is 86.3 cm³/mol. The van der Waals surface area contributed by atoms with E-state index in [0.717, 1.165) is 25.0 Å². The van der Waals surface area contributed by atoms with Crippen LogP contribution in [0.15, 0.2) is 11.1 Å². The Hall–Kier alpha value is -0.413. The van der Waals surface area contributed by atoms with Crippen molar-refractivity contribution in [2.75, 3.05) is 6.61 Å². The first-order chi connectivity index (χ1) is 8.98. The standard InChI is InChI=1S/C17H30O2Si/c1-12-13-8-9-17(5,14(13)10-15(12)18)11-19-20(6,7)16(2,3)4/h14H,8-11H2,1-7H3/t14-,17-/m1/s1. The third-order valence-corrected chi connectivity index (χ3v) is 10.6. The molecular formula is C17H30O2Si. The summed E-state index contributed by atoms with van der Waals surface area (Å²) in [6, 6.07) is 0. The third-order valence-electron chi connectivity index (χ3n) is 6.09. The molecule has 2 aliphatic carbocycles. The second-order valence-electron chi connectivity index (χ2n) is 8.53. The van der Waals surface area contributed by atoms with Gasteiger partial charge < -0.3 is 4.43 Å². The summed E-state index contributed by atoms with van der Waals surface area (Å²) in [6.07, 6.45) is 2.99. The molecule has 2 nitrogen and oxygen atoms in total. The van der Waals surface area contributed by atoms with Crippen molar-refractivity contribution in [2.45, 2.75) is 72.0 Å². The molecule has 0 aliphatic heterocycles. The fourth-order valence-corrected chi connectivity index (χ4v) is 4.38. The summed E-state index contributed by atoms with van der Waals surface area (Å²) in [4.78, 5) is 11.9. The molecular weight excluding hydrogens is 264 g/mol. The Morgan fingerprint density at radius 1 is 1.35 bits per heavy atom. The number of hydrogen-bond acceptors (Lipinski definition) is 2. The van der Waals surface area contributed by atoms with Gasteiger partial charge in [0.25, 0.3) is 0 Å². The summed E-state index contributed by atoms with van der Waals surface area (Å²) in [7, 11) is -1.70. The highest BCUT2D eigenvalue weighted by molar-refractivity contribution is 6.74. The molecule has 0 spiro atoms. The predicted octanol–water partition coefficient (Wildman–Crippen LogP) is 4.71. The van der Waals surface area contributed by atoms with Gasteiger partial charge >= 0.3 is 0 Å². The molecule has 0 aromatic rings. The number of carbonyl (C=O) groups is 1. The van der Waals surface area contributed by atoms with Gasteiger partial charge in [-0.25, -0.2) is 0 Å². The zero-order chi connectivity index (χ0) is 15.3. The average molecular weight is 295 g/mol. The lowest BCUT2D eigenvalue weighted by atomic mass is 9.79. The van der Waals surface area contributed by atoms with Gasteiger partial charge in [0.05, 0.1) is 0 Å². The smallest absolute Gasteiger partial charge is 0.192 e. The molecule has 2 rings (SSSR count). The maximum Gasteiger partial charge on any atom is 0.192 e. The Labute approximate surface area is 125 Å². The number of ketones is 1. The highest BCUT2D eigenvalue weighted by Gasteiger charge is 2.49. The monoisotopic (exact) mass is 294 g/mol. The summed E-state index contributed by atoms with van der Waals surface area (Å²) in [5.41, 5.74) is 2.64. The molecule has 0 aromatic heterocycles. The Bertz CT molecular complexity index is 456. The van der Waals surface area contributed by atoms with E-state index in [9.17, 15) is 4.79 Å². The van der Waals surface area contributed by atoms with E-state index in [4.69, 9.17) is 4.43 Å². The van der Waals surface area contributed by atoms with Crippen LogP contribution in [0.4, 0.5) is 0 Å². The SMILES string of the molecule is CC1=C2CC[C@](C)(CO[Si](C)(C)C(C)(C)C)[C@@H]2CC1=O. The first kappa shape index (κ1) is 16.0. The first-order valence-electron chi connectivity index (χ1n) is 7.85. The molecule has 2 atom stereocenters. The molecule has 0 bridgehead atoms. The van der Waals surface area contributed by atoms with Crippen LogP contribution in [-0.2, 0) is 9.22 Å². The van der Waals surface area contributed by atoms with Crippen LogP contribution in [-0.4, -0.2) is 20.7 Å². The van der Waals surface area contributed by atoms with Crippen molar-refractivity contribution < 1.29 is 9.22 Å². The van der Waals surface area contributed by atoms with Crippen LogP contribution in [0.3, 0.4) is 0 Å². The van der Waals surface area contributed by atoms with Gasteiger partial charge in [-0.05, 0) is 54.8 Å². The van der Waals surface area contributed by atoms with Gasteiger partial charge in [0.15, 0.2) is 14.1 Å². The largest absolute Gasteiger partial charge is 0.416 e. The van der Waals surface area contributed by atoms with Gasteiger partial charge in [-0.15, -0.1) is 0 Å². The van der Waals surface area contributed by atoms with Gasteiger partial charge in [0.2, 0.25) is 0 Å². The van der Waals surface area contributed by atoms with E-state index < -0.39 is 8.32 Å². The summed E-state index contributed by atoms with van der Waals surface area (Å²) in [6.45, 7) is 16.6. The maximum absolute atomic E-state index is 11.9. The van der Waals surface area contributed by atoms with Crippen molar-refractivity contribution in [3.63, 3.8) is 0 Å². The van der Waals surface area contributed by atoms with Crippen molar-refractivity contribution in [3.05, 3.63) is 11.1 Å². The summed E-state index contributed by atoms with van der Waals surface area (Å²) >= 11 is 0. The summed E-state index contributed by atoms with van der Waals surface area (Å²) < 4.78 is 6.46. The maximum atomic E-state index is 11.9. The first-order valence-corrected chi connectivity index (χ1v) is 10.8. The van der Waals surface area contributed by atoms with Crippen molar-refractivity contribution in [2.24, 2.45) is 11.3 Å².